The number of aryl methyl sites for hydroxylation is 1. The maximum atomic E-state index is 9.31. The van der Waals surface area contributed by atoms with Crippen molar-refractivity contribution in [2.24, 2.45) is 0 Å². The lowest BCUT2D eigenvalue weighted by Gasteiger charge is -2.14. The van der Waals surface area contributed by atoms with Gasteiger partial charge in [-0.15, -0.1) is 0 Å². The highest BCUT2D eigenvalue weighted by molar-refractivity contribution is 5.55. The normalized spacial score (nSPS) is 10.4. The van der Waals surface area contributed by atoms with E-state index in [4.69, 9.17) is 15.2 Å². The van der Waals surface area contributed by atoms with Crippen LogP contribution in [0.4, 0.5) is 5.69 Å². The fourth-order valence-corrected chi connectivity index (χ4v) is 2.26. The van der Waals surface area contributed by atoms with E-state index in [1.165, 1.54) is 5.56 Å². The average Bonchev–Trinajstić information content (AvgIpc) is 2.82. The van der Waals surface area contributed by atoms with Gasteiger partial charge in [-0.25, -0.2) is 0 Å². The van der Waals surface area contributed by atoms with Crippen molar-refractivity contribution in [1.82, 2.24) is 4.57 Å². The van der Waals surface area contributed by atoms with Crippen molar-refractivity contribution < 1.29 is 9.47 Å². The first kappa shape index (κ1) is 15.9. The predicted octanol–water partition coefficient (Wildman–Crippen LogP) is 2.71. The number of aromatic nitrogens is 1. The molecule has 0 aliphatic rings. The molecule has 0 fully saturated rings. The Labute approximate surface area is 130 Å². The third kappa shape index (κ3) is 3.60. The lowest BCUT2D eigenvalue weighted by Crippen LogP contribution is -2.12. The highest BCUT2D eigenvalue weighted by Crippen LogP contribution is 2.28. The number of nitrogen functional groups attached to an aromatic ring is 1. The molecule has 0 unspecified atom stereocenters. The van der Waals surface area contributed by atoms with Gasteiger partial charge in [0.25, 0.3) is 0 Å². The van der Waals surface area contributed by atoms with Crippen molar-refractivity contribution in [1.29, 1.82) is 5.26 Å². The molecule has 2 aromatic rings. The third-order valence-corrected chi connectivity index (χ3v) is 3.45. The molecule has 22 heavy (non-hydrogen) atoms. The molecule has 2 N–H and O–H groups in total. The quantitative estimate of drug-likeness (QED) is 0.798. The Morgan fingerprint density at radius 3 is 2.73 bits per heavy atom. The summed E-state index contributed by atoms with van der Waals surface area (Å²) < 4.78 is 12.8. The van der Waals surface area contributed by atoms with E-state index in [0.717, 1.165) is 5.56 Å². The van der Waals surface area contributed by atoms with Crippen molar-refractivity contribution in [3.8, 4) is 11.9 Å². The maximum absolute atomic E-state index is 9.31. The highest BCUT2D eigenvalue weighted by atomic mass is 16.5. The average molecular weight is 299 g/mol. The summed E-state index contributed by atoms with van der Waals surface area (Å²) in [4.78, 5) is 0. The smallest absolute Gasteiger partial charge is 0.218 e. The van der Waals surface area contributed by atoms with Crippen molar-refractivity contribution in [2.75, 3.05) is 25.6 Å². The first-order valence-corrected chi connectivity index (χ1v) is 7.31. The van der Waals surface area contributed by atoms with Gasteiger partial charge in [0.05, 0.1) is 18.8 Å². The molecule has 1 heterocycles. The van der Waals surface area contributed by atoms with Gasteiger partial charge in [-0.3, -0.25) is 4.57 Å². The van der Waals surface area contributed by atoms with E-state index >= 15 is 0 Å². The predicted molar refractivity (Wildman–Crippen MR) is 85.8 cm³/mol. The second-order valence-corrected chi connectivity index (χ2v) is 4.96. The van der Waals surface area contributed by atoms with E-state index in [1.54, 1.807) is 6.07 Å². The first-order chi connectivity index (χ1) is 10.7. The summed E-state index contributed by atoms with van der Waals surface area (Å²) >= 11 is 0. The zero-order valence-electron chi connectivity index (χ0n) is 13.0. The minimum Gasteiger partial charge on any atom is -0.475 e. The van der Waals surface area contributed by atoms with Crippen LogP contribution < -0.4 is 10.5 Å². The van der Waals surface area contributed by atoms with E-state index in [9.17, 15) is 5.26 Å². The molecular weight excluding hydrogens is 278 g/mol. The maximum Gasteiger partial charge on any atom is 0.218 e. The van der Waals surface area contributed by atoms with Gasteiger partial charge in [-0.1, -0.05) is 24.3 Å². The van der Waals surface area contributed by atoms with Gasteiger partial charge in [-0.05, 0) is 25.0 Å². The molecule has 0 atom stereocenters. The van der Waals surface area contributed by atoms with Crippen LogP contribution in [0, 0.1) is 18.3 Å². The van der Waals surface area contributed by atoms with Crippen LogP contribution in [0.3, 0.4) is 0 Å². The molecule has 2 rings (SSSR count). The van der Waals surface area contributed by atoms with Gasteiger partial charge in [0, 0.05) is 12.7 Å². The van der Waals surface area contributed by atoms with E-state index < -0.39 is 0 Å². The topological polar surface area (TPSA) is 73.2 Å². The molecule has 5 nitrogen and oxygen atoms in total. The Balaban J connectivity index is 2.25. The SMILES string of the molecule is CCOCCOc1c(N)cc(C#N)n1Cc1ccccc1C. The molecule has 0 aliphatic heterocycles. The van der Waals surface area contributed by atoms with E-state index in [-0.39, 0.29) is 0 Å². The largest absolute Gasteiger partial charge is 0.475 e. The van der Waals surface area contributed by atoms with Gasteiger partial charge < -0.3 is 15.2 Å². The van der Waals surface area contributed by atoms with Gasteiger partial charge in [-0.2, -0.15) is 5.26 Å². The van der Waals surface area contributed by atoms with Crippen LogP contribution in [0.15, 0.2) is 30.3 Å². The number of nitrogens with two attached hydrogens (primary N) is 1. The highest BCUT2D eigenvalue weighted by Gasteiger charge is 2.15. The number of hydrogen-bond acceptors (Lipinski definition) is 4. The minimum absolute atomic E-state index is 0.403. The molecule has 1 aromatic heterocycles. The number of nitriles is 1. The summed E-state index contributed by atoms with van der Waals surface area (Å²) in [5.74, 6) is 0.527. The number of anilines is 1. The van der Waals surface area contributed by atoms with Crippen LogP contribution >= 0.6 is 0 Å². The van der Waals surface area contributed by atoms with Gasteiger partial charge >= 0.3 is 0 Å². The first-order valence-electron chi connectivity index (χ1n) is 7.31. The molecule has 0 aliphatic carbocycles. The van der Waals surface area contributed by atoms with Crippen LogP contribution in [0.1, 0.15) is 23.7 Å². The molecule has 5 heteroatoms. The number of nitrogens with zero attached hydrogens (tertiary/aromatic N) is 2. The number of benzene rings is 1. The zero-order chi connectivity index (χ0) is 15.9. The molecule has 0 saturated heterocycles. The zero-order valence-corrected chi connectivity index (χ0v) is 13.0. The summed E-state index contributed by atoms with van der Waals surface area (Å²) in [6, 6.07) is 11.9. The number of hydrogen-bond donors (Lipinski definition) is 1. The Morgan fingerprint density at radius 2 is 2.05 bits per heavy atom. The molecule has 0 radical (unpaired) electrons. The Bertz CT molecular complexity index is 671. The summed E-state index contributed by atoms with van der Waals surface area (Å²) in [5, 5.41) is 9.31. The van der Waals surface area contributed by atoms with Crippen LogP contribution in [0.25, 0.3) is 0 Å². The monoisotopic (exact) mass is 299 g/mol. The summed E-state index contributed by atoms with van der Waals surface area (Å²) in [6.07, 6.45) is 0. The molecular formula is C17H21N3O2. The van der Waals surface area contributed by atoms with E-state index in [2.05, 4.69) is 6.07 Å². The second-order valence-electron chi connectivity index (χ2n) is 4.96. The molecule has 1 aromatic carbocycles. The third-order valence-electron chi connectivity index (χ3n) is 3.45. The van der Waals surface area contributed by atoms with Gasteiger partial charge in [0.1, 0.15) is 18.4 Å². The van der Waals surface area contributed by atoms with Crippen molar-refractivity contribution in [3.05, 3.63) is 47.2 Å². The van der Waals surface area contributed by atoms with Crippen LogP contribution in [0.5, 0.6) is 5.88 Å². The Kier molecular flexibility index (Phi) is 5.45. The fourth-order valence-electron chi connectivity index (χ4n) is 2.26. The number of rotatable bonds is 7. The summed E-state index contributed by atoms with van der Waals surface area (Å²) in [7, 11) is 0. The standard InChI is InChI=1S/C17H21N3O2/c1-3-21-8-9-22-17-16(19)10-15(11-18)20(17)12-14-7-5-4-6-13(14)2/h4-7,10H,3,8-9,12,19H2,1-2H3. The molecule has 0 amide bonds. The van der Waals surface area contributed by atoms with Crippen molar-refractivity contribution >= 4 is 5.69 Å². The van der Waals surface area contributed by atoms with Gasteiger partial charge in [0.15, 0.2) is 0 Å². The molecule has 0 saturated carbocycles. The van der Waals surface area contributed by atoms with Crippen LogP contribution in [-0.2, 0) is 11.3 Å². The Hall–Kier alpha value is -2.45. The Morgan fingerprint density at radius 1 is 1.27 bits per heavy atom. The van der Waals surface area contributed by atoms with Crippen LogP contribution in [0.2, 0.25) is 0 Å². The molecule has 0 spiro atoms. The van der Waals surface area contributed by atoms with E-state index in [1.807, 2.05) is 42.7 Å². The molecule has 116 valence electrons. The minimum atomic E-state index is 0.403. The lowest BCUT2D eigenvalue weighted by molar-refractivity contribution is 0.107. The van der Waals surface area contributed by atoms with E-state index in [0.29, 0.717) is 43.6 Å². The fraction of sp³-hybridized carbons (Fsp3) is 0.353. The summed E-state index contributed by atoms with van der Waals surface area (Å²) in [6.45, 7) is 6.07. The second kappa shape index (κ2) is 7.53. The number of ether oxygens (including phenoxy) is 2. The van der Waals surface area contributed by atoms with Gasteiger partial charge in [0.2, 0.25) is 5.88 Å². The lowest BCUT2D eigenvalue weighted by atomic mass is 10.1. The summed E-state index contributed by atoms with van der Waals surface area (Å²) in [5.41, 5.74) is 9.25. The van der Waals surface area contributed by atoms with Crippen LogP contribution in [-0.4, -0.2) is 24.4 Å². The molecule has 0 bridgehead atoms. The van der Waals surface area contributed by atoms with Crippen molar-refractivity contribution in [2.45, 2.75) is 20.4 Å². The van der Waals surface area contributed by atoms with Crippen molar-refractivity contribution in [3.63, 3.8) is 0 Å².